The molecule has 1 atom stereocenters. The summed E-state index contributed by atoms with van der Waals surface area (Å²) in [6.07, 6.45) is 4.20. The van der Waals surface area contributed by atoms with Crippen molar-refractivity contribution in [2.45, 2.75) is 33.8 Å². The van der Waals surface area contributed by atoms with Crippen molar-refractivity contribution in [1.29, 1.82) is 0 Å². The number of benzene rings is 1. The molecule has 1 aromatic carbocycles. The fraction of sp³-hybridized carbons (Fsp3) is 0.385. The molecule has 0 saturated carbocycles. The van der Waals surface area contributed by atoms with Crippen LogP contribution in [-0.4, -0.2) is 6.10 Å². The first-order valence-electron chi connectivity index (χ1n) is 5.01. The van der Waals surface area contributed by atoms with Gasteiger partial charge in [0.15, 0.2) is 0 Å². The molecule has 0 aliphatic carbocycles. The molecule has 0 saturated heterocycles. The molecule has 0 unspecified atom stereocenters. The van der Waals surface area contributed by atoms with Gasteiger partial charge in [0.25, 0.3) is 0 Å². The number of hydrogen-bond donors (Lipinski definition) is 0. The summed E-state index contributed by atoms with van der Waals surface area (Å²) in [5.74, 6) is 1.01. The van der Waals surface area contributed by atoms with Gasteiger partial charge in [0, 0.05) is 0 Å². The number of hydrogen-bond acceptors (Lipinski definition) is 1. The lowest BCUT2D eigenvalue weighted by Gasteiger charge is -2.15. The lowest BCUT2D eigenvalue weighted by Crippen LogP contribution is -2.09. The summed E-state index contributed by atoms with van der Waals surface area (Å²) in [6.45, 7) is 8.20. The molecule has 0 fully saturated rings. The highest BCUT2D eigenvalue weighted by molar-refractivity contribution is 5.40. The second-order valence-corrected chi connectivity index (χ2v) is 3.57. The molecule has 1 aromatic rings. The average molecular weight is 190 g/mol. The van der Waals surface area contributed by atoms with Gasteiger partial charge in [-0.25, -0.2) is 0 Å². The van der Waals surface area contributed by atoms with Crippen LogP contribution < -0.4 is 4.74 Å². The summed E-state index contributed by atoms with van der Waals surface area (Å²) >= 11 is 0. The second kappa shape index (κ2) is 4.85. The zero-order valence-electron chi connectivity index (χ0n) is 9.37. The standard InChI is InChI=1S/C13H18O/c1-5-7-12(4)14-13-10(2)8-6-9-11(13)3/h5-9,12H,1-4H3/b7-5+/t12-/m1/s1. The molecule has 0 radical (unpaired) electrons. The fourth-order valence-corrected chi connectivity index (χ4v) is 1.48. The van der Waals surface area contributed by atoms with Gasteiger partial charge < -0.3 is 4.74 Å². The third-order valence-electron chi connectivity index (χ3n) is 2.18. The largest absolute Gasteiger partial charge is 0.486 e. The molecular formula is C13H18O. The third-order valence-corrected chi connectivity index (χ3v) is 2.18. The Bertz CT molecular complexity index is 306. The van der Waals surface area contributed by atoms with Crippen molar-refractivity contribution < 1.29 is 4.74 Å². The van der Waals surface area contributed by atoms with E-state index in [-0.39, 0.29) is 6.10 Å². The topological polar surface area (TPSA) is 9.23 Å². The van der Waals surface area contributed by atoms with Crippen molar-refractivity contribution in [2.75, 3.05) is 0 Å². The maximum atomic E-state index is 5.83. The van der Waals surface area contributed by atoms with E-state index in [0.717, 1.165) is 5.75 Å². The zero-order chi connectivity index (χ0) is 10.6. The fourth-order valence-electron chi connectivity index (χ4n) is 1.48. The minimum atomic E-state index is 0.139. The highest BCUT2D eigenvalue weighted by Crippen LogP contribution is 2.23. The van der Waals surface area contributed by atoms with E-state index in [4.69, 9.17) is 4.74 Å². The number of para-hydroxylation sites is 1. The van der Waals surface area contributed by atoms with Gasteiger partial charge in [-0.05, 0) is 44.9 Å². The summed E-state index contributed by atoms with van der Waals surface area (Å²) in [5, 5.41) is 0. The van der Waals surface area contributed by atoms with Crippen LogP contribution in [0.25, 0.3) is 0 Å². The molecule has 0 amide bonds. The van der Waals surface area contributed by atoms with Crippen LogP contribution in [0.1, 0.15) is 25.0 Å². The normalized spacial score (nSPS) is 13.1. The summed E-state index contributed by atoms with van der Waals surface area (Å²) < 4.78 is 5.83. The second-order valence-electron chi connectivity index (χ2n) is 3.57. The molecule has 1 nitrogen and oxygen atoms in total. The van der Waals surface area contributed by atoms with Crippen molar-refractivity contribution >= 4 is 0 Å². The van der Waals surface area contributed by atoms with Crippen LogP contribution in [0, 0.1) is 13.8 Å². The van der Waals surface area contributed by atoms with Gasteiger partial charge >= 0.3 is 0 Å². The molecule has 0 bridgehead atoms. The smallest absolute Gasteiger partial charge is 0.125 e. The highest BCUT2D eigenvalue weighted by Gasteiger charge is 2.05. The van der Waals surface area contributed by atoms with Crippen LogP contribution in [0.5, 0.6) is 5.75 Å². The van der Waals surface area contributed by atoms with Crippen molar-refractivity contribution in [1.82, 2.24) is 0 Å². The Morgan fingerprint density at radius 1 is 1.21 bits per heavy atom. The summed E-state index contributed by atoms with van der Waals surface area (Å²) in [4.78, 5) is 0. The van der Waals surface area contributed by atoms with Crippen molar-refractivity contribution in [3.8, 4) is 5.75 Å². The van der Waals surface area contributed by atoms with Crippen molar-refractivity contribution in [3.05, 3.63) is 41.5 Å². The lowest BCUT2D eigenvalue weighted by molar-refractivity contribution is 0.266. The van der Waals surface area contributed by atoms with Gasteiger partial charge in [0.05, 0.1) is 0 Å². The number of aryl methyl sites for hydroxylation is 2. The average Bonchev–Trinajstić information content (AvgIpc) is 2.12. The van der Waals surface area contributed by atoms with Gasteiger partial charge in [0.2, 0.25) is 0 Å². The van der Waals surface area contributed by atoms with Crippen LogP contribution >= 0.6 is 0 Å². The number of rotatable bonds is 3. The minimum Gasteiger partial charge on any atom is -0.486 e. The van der Waals surface area contributed by atoms with E-state index < -0.39 is 0 Å². The Hall–Kier alpha value is -1.24. The molecule has 0 aliphatic heterocycles. The third kappa shape index (κ3) is 2.63. The molecule has 0 aliphatic rings. The van der Waals surface area contributed by atoms with Crippen molar-refractivity contribution in [3.63, 3.8) is 0 Å². The van der Waals surface area contributed by atoms with E-state index in [9.17, 15) is 0 Å². The number of ether oxygens (including phenoxy) is 1. The van der Waals surface area contributed by atoms with Gasteiger partial charge in [-0.1, -0.05) is 24.3 Å². The first kappa shape index (κ1) is 10.8. The van der Waals surface area contributed by atoms with E-state index in [1.54, 1.807) is 0 Å². The Kier molecular flexibility index (Phi) is 3.75. The predicted molar refractivity (Wildman–Crippen MR) is 60.8 cm³/mol. The van der Waals surface area contributed by atoms with Gasteiger partial charge in [-0.2, -0.15) is 0 Å². The maximum absolute atomic E-state index is 5.83. The van der Waals surface area contributed by atoms with E-state index in [1.807, 2.05) is 26.0 Å². The Balaban J connectivity index is 2.85. The molecular weight excluding hydrogens is 172 g/mol. The molecule has 0 heterocycles. The van der Waals surface area contributed by atoms with Gasteiger partial charge in [-0.3, -0.25) is 0 Å². The highest BCUT2D eigenvalue weighted by atomic mass is 16.5. The molecule has 1 rings (SSSR count). The van der Waals surface area contributed by atoms with E-state index in [0.29, 0.717) is 0 Å². The predicted octanol–water partition coefficient (Wildman–Crippen LogP) is 3.65. The molecule has 1 heteroatoms. The molecule has 0 spiro atoms. The van der Waals surface area contributed by atoms with Crippen molar-refractivity contribution in [2.24, 2.45) is 0 Å². The van der Waals surface area contributed by atoms with Gasteiger partial charge in [-0.15, -0.1) is 0 Å². The minimum absolute atomic E-state index is 0.139. The summed E-state index contributed by atoms with van der Waals surface area (Å²) in [5.41, 5.74) is 2.39. The number of allylic oxidation sites excluding steroid dienone is 1. The monoisotopic (exact) mass is 190 g/mol. The molecule has 76 valence electrons. The van der Waals surface area contributed by atoms with Crippen LogP contribution in [0.2, 0.25) is 0 Å². The lowest BCUT2D eigenvalue weighted by atomic mass is 10.1. The quantitative estimate of drug-likeness (QED) is 0.661. The van der Waals surface area contributed by atoms with E-state index in [2.05, 4.69) is 32.0 Å². The van der Waals surface area contributed by atoms with Crippen LogP contribution in [0.4, 0.5) is 0 Å². The maximum Gasteiger partial charge on any atom is 0.125 e. The Morgan fingerprint density at radius 3 is 2.29 bits per heavy atom. The molecule has 14 heavy (non-hydrogen) atoms. The zero-order valence-corrected chi connectivity index (χ0v) is 9.37. The SMILES string of the molecule is C/C=C/[C@@H](C)Oc1c(C)cccc1C. The van der Waals surface area contributed by atoms with E-state index in [1.165, 1.54) is 11.1 Å². The van der Waals surface area contributed by atoms with Gasteiger partial charge in [0.1, 0.15) is 11.9 Å². The summed E-state index contributed by atoms with van der Waals surface area (Å²) in [7, 11) is 0. The molecule has 0 aromatic heterocycles. The first-order chi connectivity index (χ1) is 6.65. The van der Waals surface area contributed by atoms with Crippen LogP contribution in [-0.2, 0) is 0 Å². The Morgan fingerprint density at radius 2 is 1.79 bits per heavy atom. The van der Waals surface area contributed by atoms with Crippen LogP contribution in [0.3, 0.4) is 0 Å². The summed E-state index contributed by atoms with van der Waals surface area (Å²) in [6, 6.07) is 6.20. The van der Waals surface area contributed by atoms with E-state index >= 15 is 0 Å². The molecule has 0 N–H and O–H groups in total. The Labute approximate surface area is 86.4 Å². The first-order valence-corrected chi connectivity index (χ1v) is 5.01. The van der Waals surface area contributed by atoms with Crippen LogP contribution in [0.15, 0.2) is 30.4 Å².